The Hall–Kier alpha value is -0.870. The molecular weight excluding hydrogens is 356 g/mol. The quantitative estimate of drug-likeness (QED) is 0.236. The molecule has 0 radical (unpaired) electrons. The first-order valence-corrected chi connectivity index (χ1v) is 12.5. The van der Waals surface area contributed by atoms with E-state index in [0.29, 0.717) is 5.56 Å². The van der Waals surface area contributed by atoms with E-state index in [4.69, 9.17) is 0 Å². The molecule has 0 atom stereocenters. The Morgan fingerprint density at radius 1 is 0.741 bits per heavy atom. The maximum Gasteiger partial charge on any atom is 0.294 e. The summed E-state index contributed by atoms with van der Waals surface area (Å²) in [5.74, 6) is 0. The van der Waals surface area contributed by atoms with Crippen molar-refractivity contribution in [3.63, 3.8) is 0 Å². The highest BCUT2D eigenvalue weighted by Gasteiger charge is 2.14. The van der Waals surface area contributed by atoms with Gasteiger partial charge in [0, 0.05) is 0 Å². The van der Waals surface area contributed by atoms with E-state index in [0.717, 1.165) is 18.4 Å². The lowest BCUT2D eigenvalue weighted by atomic mass is 10.0. The second kappa shape index (κ2) is 14.2. The molecule has 0 aliphatic carbocycles. The number of unbranched alkanes of at least 4 members (excludes halogenated alkanes) is 13. The van der Waals surface area contributed by atoms with E-state index in [1.165, 1.54) is 89.5 Å². The van der Waals surface area contributed by atoms with Crippen LogP contribution in [0.1, 0.15) is 108 Å². The molecule has 0 unspecified atom stereocenters. The normalized spacial score (nSPS) is 11.8. The molecule has 0 fully saturated rings. The van der Waals surface area contributed by atoms with Crippen LogP contribution in [0.4, 0.5) is 0 Å². The van der Waals surface area contributed by atoms with Crippen molar-refractivity contribution in [2.75, 3.05) is 0 Å². The van der Waals surface area contributed by atoms with Crippen LogP contribution in [-0.2, 0) is 16.5 Å². The molecule has 0 amide bonds. The maximum atomic E-state index is 11.4. The smallest absolute Gasteiger partial charge is 0.282 e. The van der Waals surface area contributed by atoms with Gasteiger partial charge < -0.3 is 0 Å². The predicted molar refractivity (Wildman–Crippen MR) is 115 cm³/mol. The molecule has 0 saturated carbocycles. The molecule has 156 valence electrons. The molecular formula is C23H40O3S. The van der Waals surface area contributed by atoms with Crippen molar-refractivity contribution in [3.8, 4) is 0 Å². The van der Waals surface area contributed by atoms with E-state index < -0.39 is 10.1 Å². The SMILES string of the molecule is CCCCCCCCCCCCCCCCc1cccc(S(=O)(=O)O)c1C. The first-order chi connectivity index (χ1) is 13.0. The van der Waals surface area contributed by atoms with Crippen molar-refractivity contribution in [2.45, 2.75) is 115 Å². The molecule has 0 aliphatic rings. The van der Waals surface area contributed by atoms with Crippen LogP contribution in [0.25, 0.3) is 0 Å². The number of hydrogen-bond acceptors (Lipinski definition) is 2. The molecule has 0 aliphatic heterocycles. The molecule has 0 spiro atoms. The van der Waals surface area contributed by atoms with Gasteiger partial charge in [-0.25, -0.2) is 0 Å². The second-order valence-electron chi connectivity index (χ2n) is 7.86. The van der Waals surface area contributed by atoms with Crippen LogP contribution in [-0.4, -0.2) is 13.0 Å². The lowest BCUT2D eigenvalue weighted by Gasteiger charge is -2.09. The minimum Gasteiger partial charge on any atom is -0.282 e. The van der Waals surface area contributed by atoms with Crippen molar-refractivity contribution in [1.82, 2.24) is 0 Å². The minimum atomic E-state index is -4.11. The van der Waals surface area contributed by atoms with Gasteiger partial charge in [-0.1, -0.05) is 103 Å². The van der Waals surface area contributed by atoms with Gasteiger partial charge in [-0.2, -0.15) is 8.42 Å². The molecule has 0 bridgehead atoms. The summed E-state index contributed by atoms with van der Waals surface area (Å²) in [4.78, 5) is 0.0466. The average molecular weight is 397 g/mol. The highest BCUT2D eigenvalue weighted by Crippen LogP contribution is 2.21. The van der Waals surface area contributed by atoms with Gasteiger partial charge in [-0.15, -0.1) is 0 Å². The molecule has 1 aromatic rings. The third-order valence-corrected chi connectivity index (χ3v) is 6.47. The van der Waals surface area contributed by atoms with Crippen LogP contribution in [0.5, 0.6) is 0 Å². The summed E-state index contributed by atoms with van der Waals surface area (Å²) in [6, 6.07) is 5.15. The highest BCUT2D eigenvalue weighted by atomic mass is 32.2. The van der Waals surface area contributed by atoms with E-state index in [1.54, 1.807) is 13.0 Å². The number of hydrogen-bond donors (Lipinski definition) is 1. The molecule has 3 nitrogen and oxygen atoms in total. The summed E-state index contributed by atoms with van der Waals surface area (Å²) < 4.78 is 32.0. The topological polar surface area (TPSA) is 54.4 Å². The molecule has 0 heterocycles. The van der Waals surface area contributed by atoms with Gasteiger partial charge in [0.05, 0.1) is 4.90 Å². The summed E-state index contributed by atoms with van der Waals surface area (Å²) in [6.07, 6.45) is 19.6. The Morgan fingerprint density at radius 3 is 1.63 bits per heavy atom. The van der Waals surface area contributed by atoms with Gasteiger partial charge in [0.2, 0.25) is 0 Å². The van der Waals surface area contributed by atoms with Gasteiger partial charge in [-0.05, 0) is 37.0 Å². The Kier molecular flexibility index (Phi) is 12.7. The van der Waals surface area contributed by atoms with E-state index in [1.807, 2.05) is 6.07 Å². The van der Waals surface area contributed by atoms with Crippen LogP contribution in [0.15, 0.2) is 23.1 Å². The van der Waals surface area contributed by atoms with Crippen LogP contribution < -0.4 is 0 Å². The van der Waals surface area contributed by atoms with Crippen molar-refractivity contribution in [2.24, 2.45) is 0 Å². The standard InChI is InChI=1S/C23H40O3S/c1-3-4-5-6-7-8-9-10-11-12-13-14-15-16-18-22-19-17-20-23(21(22)2)27(24,25)26/h17,19-20H,3-16,18H2,1-2H3,(H,24,25,26). The van der Waals surface area contributed by atoms with Gasteiger partial charge >= 0.3 is 0 Å². The van der Waals surface area contributed by atoms with Gasteiger partial charge in [0.15, 0.2) is 0 Å². The molecule has 27 heavy (non-hydrogen) atoms. The second-order valence-corrected chi connectivity index (χ2v) is 9.25. The van der Waals surface area contributed by atoms with Crippen molar-refractivity contribution in [3.05, 3.63) is 29.3 Å². The molecule has 0 saturated heterocycles. The van der Waals surface area contributed by atoms with E-state index in [2.05, 4.69) is 6.92 Å². The summed E-state index contributed by atoms with van der Waals surface area (Å²) >= 11 is 0. The fourth-order valence-electron chi connectivity index (χ4n) is 3.72. The monoisotopic (exact) mass is 396 g/mol. The zero-order valence-electron chi connectivity index (χ0n) is 17.5. The number of rotatable bonds is 16. The Labute approximate surface area is 167 Å². The van der Waals surface area contributed by atoms with Crippen molar-refractivity contribution in [1.29, 1.82) is 0 Å². The third kappa shape index (κ3) is 10.9. The zero-order chi connectivity index (χ0) is 20.0. The fraction of sp³-hybridized carbons (Fsp3) is 0.739. The largest absolute Gasteiger partial charge is 0.294 e. The number of benzene rings is 1. The summed E-state index contributed by atoms with van der Waals surface area (Å²) in [7, 11) is -4.11. The van der Waals surface area contributed by atoms with Gasteiger partial charge in [0.1, 0.15) is 0 Å². The molecule has 1 N–H and O–H groups in total. The third-order valence-electron chi connectivity index (χ3n) is 5.47. The zero-order valence-corrected chi connectivity index (χ0v) is 18.3. The van der Waals surface area contributed by atoms with Crippen LogP contribution in [0, 0.1) is 6.92 Å². The molecule has 4 heteroatoms. The Morgan fingerprint density at radius 2 is 1.19 bits per heavy atom. The van der Waals surface area contributed by atoms with Gasteiger partial charge in [0.25, 0.3) is 10.1 Å². The molecule has 0 aromatic heterocycles. The van der Waals surface area contributed by atoms with Crippen molar-refractivity contribution < 1.29 is 13.0 Å². The fourth-order valence-corrected chi connectivity index (χ4v) is 4.49. The Balaban J connectivity index is 2.02. The summed E-state index contributed by atoms with van der Waals surface area (Å²) in [6.45, 7) is 4.05. The van der Waals surface area contributed by atoms with Crippen LogP contribution in [0.3, 0.4) is 0 Å². The van der Waals surface area contributed by atoms with Crippen LogP contribution in [0.2, 0.25) is 0 Å². The first kappa shape index (κ1) is 24.2. The Bertz CT molecular complexity index is 608. The summed E-state index contributed by atoms with van der Waals surface area (Å²) in [5.41, 5.74) is 1.72. The maximum absolute atomic E-state index is 11.4. The van der Waals surface area contributed by atoms with E-state index in [9.17, 15) is 13.0 Å². The predicted octanol–water partition coefficient (Wildman–Crippen LogP) is 7.27. The molecule has 1 aromatic carbocycles. The average Bonchev–Trinajstić information content (AvgIpc) is 2.62. The lowest BCUT2D eigenvalue weighted by molar-refractivity contribution is 0.482. The van der Waals surface area contributed by atoms with E-state index >= 15 is 0 Å². The van der Waals surface area contributed by atoms with Crippen molar-refractivity contribution >= 4 is 10.1 Å². The van der Waals surface area contributed by atoms with Gasteiger partial charge in [-0.3, -0.25) is 4.55 Å². The minimum absolute atomic E-state index is 0.0466. The molecule has 1 rings (SSSR count). The summed E-state index contributed by atoms with van der Waals surface area (Å²) in [5, 5.41) is 0. The highest BCUT2D eigenvalue weighted by molar-refractivity contribution is 7.85. The number of aryl methyl sites for hydroxylation is 1. The van der Waals surface area contributed by atoms with E-state index in [-0.39, 0.29) is 4.90 Å². The van der Waals surface area contributed by atoms with Crippen LogP contribution >= 0.6 is 0 Å². The first-order valence-electron chi connectivity index (χ1n) is 11.0. The lowest BCUT2D eigenvalue weighted by Crippen LogP contribution is -2.03.